The van der Waals surface area contributed by atoms with Crippen molar-refractivity contribution in [2.24, 2.45) is 0 Å². The quantitative estimate of drug-likeness (QED) is 0.781. The van der Waals surface area contributed by atoms with Gasteiger partial charge in [0.2, 0.25) is 0 Å². The Morgan fingerprint density at radius 2 is 1.92 bits per heavy atom. The van der Waals surface area contributed by atoms with Crippen molar-refractivity contribution in [1.82, 2.24) is 15.5 Å². The van der Waals surface area contributed by atoms with Gasteiger partial charge in [0.15, 0.2) is 0 Å². The Labute approximate surface area is 140 Å². The zero-order valence-electron chi connectivity index (χ0n) is 13.7. The molecule has 0 fully saturated rings. The highest BCUT2D eigenvalue weighted by atomic mass is 16.5. The molecular formula is C19H19N3O2. The topological polar surface area (TPSA) is 68.0 Å². The van der Waals surface area contributed by atoms with Crippen LogP contribution in [0.1, 0.15) is 46.0 Å². The van der Waals surface area contributed by atoms with E-state index in [0.717, 1.165) is 11.3 Å². The molecular weight excluding hydrogens is 302 g/mol. The van der Waals surface area contributed by atoms with Crippen LogP contribution in [0, 0.1) is 6.92 Å². The van der Waals surface area contributed by atoms with Gasteiger partial charge in [-0.05, 0) is 31.0 Å². The van der Waals surface area contributed by atoms with E-state index >= 15 is 0 Å². The summed E-state index contributed by atoms with van der Waals surface area (Å²) in [6.45, 7) is 3.70. The van der Waals surface area contributed by atoms with Crippen molar-refractivity contribution in [3.8, 4) is 0 Å². The lowest BCUT2D eigenvalue weighted by Crippen LogP contribution is -2.30. The molecule has 3 aromatic rings. The third kappa shape index (κ3) is 3.20. The van der Waals surface area contributed by atoms with E-state index in [1.165, 1.54) is 0 Å². The molecule has 0 saturated heterocycles. The second-order valence-electron chi connectivity index (χ2n) is 5.49. The van der Waals surface area contributed by atoms with Gasteiger partial charge in [-0.25, -0.2) is 0 Å². The van der Waals surface area contributed by atoms with E-state index in [2.05, 4.69) is 15.5 Å². The predicted octanol–water partition coefficient (Wildman–Crippen LogP) is 3.46. The molecule has 122 valence electrons. The minimum Gasteiger partial charge on any atom is -0.361 e. The number of nitrogens with zero attached hydrogens (tertiary/aromatic N) is 2. The largest absolute Gasteiger partial charge is 0.361 e. The summed E-state index contributed by atoms with van der Waals surface area (Å²) in [5, 5.41) is 7.02. The molecule has 0 bridgehead atoms. The highest BCUT2D eigenvalue weighted by Gasteiger charge is 2.24. The van der Waals surface area contributed by atoms with Crippen molar-refractivity contribution in [2.75, 3.05) is 0 Å². The summed E-state index contributed by atoms with van der Waals surface area (Å²) < 4.78 is 5.17. The van der Waals surface area contributed by atoms with E-state index < -0.39 is 0 Å². The summed E-state index contributed by atoms with van der Waals surface area (Å²) in [5.41, 5.74) is 2.92. The fourth-order valence-electron chi connectivity index (χ4n) is 2.67. The molecule has 0 aliphatic heterocycles. The van der Waals surface area contributed by atoms with E-state index in [-0.39, 0.29) is 11.9 Å². The third-order valence-corrected chi connectivity index (χ3v) is 3.89. The highest BCUT2D eigenvalue weighted by molar-refractivity contribution is 5.96. The minimum absolute atomic E-state index is 0.204. The van der Waals surface area contributed by atoms with Gasteiger partial charge < -0.3 is 9.84 Å². The average molecular weight is 321 g/mol. The number of nitrogens with one attached hydrogen (secondary N) is 1. The van der Waals surface area contributed by atoms with E-state index in [9.17, 15) is 4.79 Å². The maximum absolute atomic E-state index is 12.8. The molecule has 0 saturated carbocycles. The highest BCUT2D eigenvalue weighted by Crippen LogP contribution is 2.22. The second-order valence-corrected chi connectivity index (χ2v) is 5.49. The predicted molar refractivity (Wildman–Crippen MR) is 90.6 cm³/mol. The van der Waals surface area contributed by atoms with Crippen LogP contribution >= 0.6 is 0 Å². The van der Waals surface area contributed by atoms with Gasteiger partial charge >= 0.3 is 0 Å². The summed E-state index contributed by atoms with van der Waals surface area (Å²) in [6.07, 6.45) is 2.36. The molecule has 0 aliphatic carbocycles. The van der Waals surface area contributed by atoms with Crippen LogP contribution < -0.4 is 5.32 Å². The van der Waals surface area contributed by atoms with Crippen LogP contribution in [-0.4, -0.2) is 16.0 Å². The first-order valence-electron chi connectivity index (χ1n) is 7.92. The number of carbonyl (C=O) groups excluding carboxylic acids is 1. The third-order valence-electron chi connectivity index (χ3n) is 3.89. The Bertz CT molecular complexity index is 774. The average Bonchev–Trinajstić information content (AvgIpc) is 3.02. The Hall–Kier alpha value is -2.95. The van der Waals surface area contributed by atoms with E-state index in [1.807, 2.05) is 55.5 Å². The molecule has 24 heavy (non-hydrogen) atoms. The van der Waals surface area contributed by atoms with Crippen molar-refractivity contribution >= 4 is 5.91 Å². The number of aromatic nitrogens is 2. The molecule has 0 unspecified atom stereocenters. The van der Waals surface area contributed by atoms with Gasteiger partial charge in [-0.3, -0.25) is 9.78 Å². The molecule has 1 N–H and O–H groups in total. The molecule has 0 radical (unpaired) electrons. The van der Waals surface area contributed by atoms with Gasteiger partial charge in [-0.1, -0.05) is 48.5 Å². The molecule has 5 heteroatoms. The van der Waals surface area contributed by atoms with Gasteiger partial charge in [-0.2, -0.15) is 0 Å². The molecule has 0 spiro atoms. The van der Waals surface area contributed by atoms with Crippen molar-refractivity contribution in [3.63, 3.8) is 0 Å². The maximum Gasteiger partial charge on any atom is 0.257 e. The molecule has 2 aromatic heterocycles. The fraction of sp³-hybridized carbons (Fsp3) is 0.211. The van der Waals surface area contributed by atoms with Crippen LogP contribution in [0.3, 0.4) is 0 Å². The van der Waals surface area contributed by atoms with Gasteiger partial charge in [0, 0.05) is 6.20 Å². The van der Waals surface area contributed by atoms with Gasteiger partial charge in [0.1, 0.15) is 11.3 Å². The lowest BCUT2D eigenvalue weighted by molar-refractivity contribution is 0.0940. The van der Waals surface area contributed by atoms with Gasteiger partial charge in [0.25, 0.3) is 5.91 Å². The standard InChI is InChI=1S/C19H19N3O2/c1-3-15-17(13(2)24-22-15)19(23)21-18(14-9-5-4-6-10-14)16-11-7-8-12-20-16/h4-12,18H,3H2,1-2H3,(H,21,23)/t18-/m0/s1. The number of hydrogen-bond donors (Lipinski definition) is 1. The van der Waals surface area contributed by atoms with Crippen molar-refractivity contribution < 1.29 is 9.32 Å². The number of benzene rings is 1. The number of amides is 1. The molecule has 1 aromatic carbocycles. The first-order chi connectivity index (χ1) is 11.7. The van der Waals surface area contributed by atoms with Crippen LogP contribution in [0.2, 0.25) is 0 Å². The number of aryl methyl sites for hydroxylation is 2. The first kappa shape index (κ1) is 15.9. The van der Waals surface area contributed by atoms with Crippen LogP contribution in [0.4, 0.5) is 0 Å². The molecule has 2 heterocycles. The van der Waals surface area contributed by atoms with Gasteiger partial charge in [-0.15, -0.1) is 0 Å². The van der Waals surface area contributed by atoms with Crippen LogP contribution in [0.15, 0.2) is 59.3 Å². The van der Waals surface area contributed by atoms with E-state index in [4.69, 9.17) is 4.52 Å². The molecule has 1 atom stereocenters. The summed E-state index contributed by atoms with van der Waals surface area (Å²) in [5.74, 6) is 0.322. The zero-order chi connectivity index (χ0) is 16.9. The van der Waals surface area contributed by atoms with Gasteiger partial charge in [0.05, 0.1) is 17.4 Å². The Morgan fingerprint density at radius 1 is 1.17 bits per heavy atom. The van der Waals surface area contributed by atoms with Crippen LogP contribution in [0.5, 0.6) is 0 Å². The molecule has 0 aliphatic rings. The van der Waals surface area contributed by atoms with Crippen LogP contribution in [-0.2, 0) is 6.42 Å². The Kier molecular flexibility index (Phi) is 4.70. The molecule has 5 nitrogen and oxygen atoms in total. The normalized spacial score (nSPS) is 11.9. The second kappa shape index (κ2) is 7.08. The van der Waals surface area contributed by atoms with Crippen molar-refractivity contribution in [3.05, 3.63) is 83.0 Å². The summed E-state index contributed by atoms with van der Waals surface area (Å²) in [7, 11) is 0. The fourth-order valence-corrected chi connectivity index (χ4v) is 2.67. The number of hydrogen-bond acceptors (Lipinski definition) is 4. The Morgan fingerprint density at radius 3 is 2.58 bits per heavy atom. The molecule has 1 amide bonds. The van der Waals surface area contributed by atoms with Crippen LogP contribution in [0.25, 0.3) is 0 Å². The Balaban J connectivity index is 1.95. The zero-order valence-corrected chi connectivity index (χ0v) is 13.7. The van der Waals surface area contributed by atoms with E-state index in [1.54, 1.807) is 13.1 Å². The molecule has 3 rings (SSSR count). The number of carbonyl (C=O) groups is 1. The van der Waals surface area contributed by atoms with E-state index in [0.29, 0.717) is 23.4 Å². The summed E-state index contributed by atoms with van der Waals surface area (Å²) >= 11 is 0. The number of rotatable bonds is 5. The SMILES string of the molecule is CCc1noc(C)c1C(=O)N[C@@H](c1ccccc1)c1ccccn1. The smallest absolute Gasteiger partial charge is 0.257 e. The maximum atomic E-state index is 12.8. The number of pyridine rings is 1. The minimum atomic E-state index is -0.334. The lowest BCUT2D eigenvalue weighted by Gasteiger charge is -2.19. The lowest BCUT2D eigenvalue weighted by atomic mass is 10.0. The summed E-state index contributed by atoms with van der Waals surface area (Å²) in [4.78, 5) is 17.2. The first-order valence-corrected chi connectivity index (χ1v) is 7.92. The summed E-state index contributed by atoms with van der Waals surface area (Å²) in [6, 6.07) is 15.1. The van der Waals surface area contributed by atoms with Crippen molar-refractivity contribution in [2.45, 2.75) is 26.3 Å². The van der Waals surface area contributed by atoms with Crippen molar-refractivity contribution in [1.29, 1.82) is 0 Å². The monoisotopic (exact) mass is 321 g/mol.